The van der Waals surface area contributed by atoms with Crippen LogP contribution in [0.1, 0.15) is 30.0 Å². The van der Waals surface area contributed by atoms with Gasteiger partial charge in [0.2, 0.25) is 0 Å². The number of aliphatic imine (C=N–C) groups is 1. The Morgan fingerprint density at radius 1 is 1.18 bits per heavy atom. The summed E-state index contributed by atoms with van der Waals surface area (Å²) in [5.74, 6) is 2.66. The number of furan rings is 1. The fourth-order valence-corrected chi connectivity index (χ4v) is 3.45. The van der Waals surface area contributed by atoms with E-state index in [0.717, 1.165) is 60.9 Å². The van der Waals surface area contributed by atoms with Crippen LogP contribution in [-0.4, -0.2) is 50.3 Å². The first-order valence-corrected chi connectivity index (χ1v) is 10.2. The summed E-state index contributed by atoms with van der Waals surface area (Å²) in [5, 5.41) is 7.51. The summed E-state index contributed by atoms with van der Waals surface area (Å²) in [6.07, 6.45) is 0. The van der Waals surface area contributed by atoms with Gasteiger partial charge in [-0.3, -0.25) is 4.90 Å². The highest BCUT2D eigenvalue weighted by atomic mass is 35.5. The molecule has 3 rings (SSSR count). The number of rotatable bonds is 7. The molecule has 2 heterocycles. The van der Waals surface area contributed by atoms with Crippen LogP contribution in [-0.2, 0) is 11.3 Å². The molecule has 0 saturated carbocycles. The molecular weight excluding hydrogens is 376 g/mol. The average Bonchev–Trinajstić information content (AvgIpc) is 3.14. The van der Waals surface area contributed by atoms with Crippen molar-refractivity contribution in [1.82, 2.24) is 15.5 Å². The number of halogens is 1. The minimum absolute atomic E-state index is 0.127. The van der Waals surface area contributed by atoms with Gasteiger partial charge in [-0.25, -0.2) is 4.99 Å². The van der Waals surface area contributed by atoms with Crippen LogP contribution in [0.5, 0.6) is 0 Å². The van der Waals surface area contributed by atoms with Crippen LogP contribution in [0.2, 0.25) is 5.02 Å². The zero-order valence-electron chi connectivity index (χ0n) is 16.6. The number of ether oxygens (including phenoxy) is 1. The molecular formula is C21H29ClN4O2. The standard InChI is InChI=1S/C21H29ClN4O2/c1-3-23-21(24-14-17-6-4-5-7-18(17)22)25-15-19(20-9-8-16(2)28-20)26-10-12-27-13-11-26/h4-9,19H,3,10-15H2,1-2H3,(H2,23,24,25). The maximum absolute atomic E-state index is 6.26. The van der Waals surface area contributed by atoms with Gasteiger partial charge in [0.15, 0.2) is 5.96 Å². The molecule has 1 saturated heterocycles. The van der Waals surface area contributed by atoms with Crippen LogP contribution in [0.25, 0.3) is 0 Å². The fraction of sp³-hybridized carbons (Fsp3) is 0.476. The molecule has 0 radical (unpaired) electrons. The van der Waals surface area contributed by atoms with Crippen molar-refractivity contribution in [3.8, 4) is 0 Å². The summed E-state index contributed by atoms with van der Waals surface area (Å²) in [4.78, 5) is 7.09. The Kier molecular flexibility index (Phi) is 7.77. The average molecular weight is 405 g/mol. The summed E-state index contributed by atoms with van der Waals surface area (Å²) < 4.78 is 11.4. The van der Waals surface area contributed by atoms with Gasteiger partial charge in [0, 0.05) is 31.2 Å². The van der Waals surface area contributed by atoms with Crippen molar-refractivity contribution < 1.29 is 9.15 Å². The van der Waals surface area contributed by atoms with Crippen LogP contribution in [0.4, 0.5) is 0 Å². The highest BCUT2D eigenvalue weighted by molar-refractivity contribution is 6.31. The Morgan fingerprint density at radius 2 is 1.96 bits per heavy atom. The second-order valence-electron chi connectivity index (χ2n) is 6.78. The molecule has 1 unspecified atom stereocenters. The highest BCUT2D eigenvalue weighted by Crippen LogP contribution is 2.23. The lowest BCUT2D eigenvalue weighted by Gasteiger charge is -2.33. The summed E-state index contributed by atoms with van der Waals surface area (Å²) in [6.45, 7) is 9.31. The Hall–Kier alpha value is -2.02. The molecule has 1 atom stereocenters. The Bertz CT molecular complexity index is 771. The van der Waals surface area contributed by atoms with Crippen molar-refractivity contribution in [3.05, 3.63) is 58.5 Å². The van der Waals surface area contributed by atoms with Gasteiger partial charge in [0.05, 0.1) is 25.8 Å². The Balaban J connectivity index is 1.69. The van der Waals surface area contributed by atoms with E-state index >= 15 is 0 Å². The number of hydrogen-bond acceptors (Lipinski definition) is 4. The van der Waals surface area contributed by atoms with Crippen LogP contribution >= 0.6 is 11.6 Å². The van der Waals surface area contributed by atoms with Crippen molar-refractivity contribution in [2.24, 2.45) is 4.99 Å². The van der Waals surface area contributed by atoms with Crippen molar-refractivity contribution in [2.45, 2.75) is 26.4 Å². The van der Waals surface area contributed by atoms with Gasteiger partial charge in [0.25, 0.3) is 0 Å². The van der Waals surface area contributed by atoms with Crippen LogP contribution in [0.15, 0.2) is 45.8 Å². The molecule has 2 N–H and O–H groups in total. The molecule has 0 bridgehead atoms. The van der Waals surface area contributed by atoms with E-state index in [1.807, 2.05) is 37.3 Å². The predicted molar refractivity (Wildman–Crippen MR) is 113 cm³/mol. The van der Waals surface area contributed by atoms with Crippen molar-refractivity contribution in [2.75, 3.05) is 39.4 Å². The number of aryl methyl sites for hydroxylation is 1. The van der Waals surface area contributed by atoms with E-state index in [1.54, 1.807) is 0 Å². The monoisotopic (exact) mass is 404 g/mol. The Morgan fingerprint density at radius 3 is 2.64 bits per heavy atom. The summed E-state index contributed by atoms with van der Waals surface area (Å²) in [6, 6.07) is 12.0. The molecule has 1 aliphatic heterocycles. The molecule has 1 aromatic carbocycles. The van der Waals surface area contributed by atoms with Gasteiger partial charge in [0.1, 0.15) is 11.5 Å². The lowest BCUT2D eigenvalue weighted by atomic mass is 10.1. The lowest BCUT2D eigenvalue weighted by Crippen LogP contribution is -2.46. The minimum Gasteiger partial charge on any atom is -0.465 e. The minimum atomic E-state index is 0.127. The number of nitrogens with one attached hydrogen (secondary N) is 2. The summed E-state index contributed by atoms with van der Waals surface area (Å²) >= 11 is 6.26. The third-order valence-electron chi connectivity index (χ3n) is 4.75. The van der Waals surface area contributed by atoms with Gasteiger partial charge in [-0.2, -0.15) is 0 Å². The molecule has 0 amide bonds. The smallest absolute Gasteiger partial charge is 0.191 e. The van der Waals surface area contributed by atoms with E-state index in [0.29, 0.717) is 13.1 Å². The van der Waals surface area contributed by atoms with Gasteiger partial charge in [-0.05, 0) is 37.6 Å². The largest absolute Gasteiger partial charge is 0.465 e. The van der Waals surface area contributed by atoms with Crippen LogP contribution in [0, 0.1) is 6.92 Å². The molecule has 6 nitrogen and oxygen atoms in total. The highest BCUT2D eigenvalue weighted by Gasteiger charge is 2.25. The fourth-order valence-electron chi connectivity index (χ4n) is 3.26. The summed E-state index contributed by atoms with van der Waals surface area (Å²) in [5.41, 5.74) is 1.01. The quantitative estimate of drug-likeness (QED) is 0.547. The number of nitrogens with zero attached hydrogens (tertiary/aromatic N) is 2. The molecule has 2 aromatic rings. The number of hydrogen-bond donors (Lipinski definition) is 2. The van der Waals surface area contributed by atoms with E-state index in [2.05, 4.69) is 28.5 Å². The van der Waals surface area contributed by atoms with Gasteiger partial charge in [-0.15, -0.1) is 0 Å². The molecule has 7 heteroatoms. The van der Waals surface area contributed by atoms with Crippen molar-refractivity contribution in [3.63, 3.8) is 0 Å². The first-order valence-electron chi connectivity index (χ1n) is 9.81. The predicted octanol–water partition coefficient (Wildman–Crippen LogP) is 3.37. The zero-order valence-corrected chi connectivity index (χ0v) is 17.3. The number of guanidine groups is 1. The lowest BCUT2D eigenvalue weighted by molar-refractivity contribution is 0.0124. The van der Waals surface area contributed by atoms with E-state index in [1.165, 1.54) is 0 Å². The van der Waals surface area contributed by atoms with Crippen molar-refractivity contribution in [1.29, 1.82) is 0 Å². The zero-order chi connectivity index (χ0) is 19.8. The second kappa shape index (κ2) is 10.5. The van der Waals surface area contributed by atoms with Gasteiger partial charge >= 0.3 is 0 Å². The molecule has 1 fully saturated rings. The van der Waals surface area contributed by atoms with Crippen LogP contribution < -0.4 is 10.6 Å². The molecule has 1 aromatic heterocycles. The number of benzene rings is 1. The van der Waals surface area contributed by atoms with Gasteiger partial charge in [-0.1, -0.05) is 29.8 Å². The van der Waals surface area contributed by atoms with Crippen LogP contribution in [0.3, 0.4) is 0 Å². The van der Waals surface area contributed by atoms with Crippen molar-refractivity contribution >= 4 is 17.6 Å². The maximum atomic E-state index is 6.26. The second-order valence-corrected chi connectivity index (χ2v) is 7.19. The third-order valence-corrected chi connectivity index (χ3v) is 5.12. The first-order chi connectivity index (χ1) is 13.7. The maximum Gasteiger partial charge on any atom is 0.191 e. The van der Waals surface area contributed by atoms with Gasteiger partial charge < -0.3 is 19.8 Å². The molecule has 1 aliphatic rings. The van der Waals surface area contributed by atoms with E-state index in [4.69, 9.17) is 25.7 Å². The molecule has 28 heavy (non-hydrogen) atoms. The Labute approximate surface area is 171 Å². The van der Waals surface area contributed by atoms with E-state index in [9.17, 15) is 0 Å². The topological polar surface area (TPSA) is 62.0 Å². The third kappa shape index (κ3) is 5.74. The van der Waals surface area contributed by atoms with E-state index < -0.39 is 0 Å². The molecule has 0 spiro atoms. The number of morpholine rings is 1. The van der Waals surface area contributed by atoms with E-state index in [-0.39, 0.29) is 6.04 Å². The normalized spacial score (nSPS) is 16.8. The SMILES string of the molecule is CCNC(=NCc1ccccc1Cl)NCC(c1ccc(C)o1)N1CCOCC1. The molecule has 0 aliphatic carbocycles. The summed E-state index contributed by atoms with van der Waals surface area (Å²) in [7, 11) is 0. The first kappa shape index (κ1) is 20.7. The molecule has 152 valence electrons.